The topological polar surface area (TPSA) is 74.4 Å². The van der Waals surface area contributed by atoms with Gasteiger partial charge in [-0.25, -0.2) is 4.79 Å². The van der Waals surface area contributed by atoms with Gasteiger partial charge in [0.1, 0.15) is 12.4 Å². The molecule has 0 radical (unpaired) electrons. The first kappa shape index (κ1) is 15.3. The molecule has 1 heterocycles. The molecule has 0 amide bonds. The normalized spacial score (nSPS) is 10.2. The predicted molar refractivity (Wildman–Crippen MR) is 83.2 cm³/mol. The summed E-state index contributed by atoms with van der Waals surface area (Å²) in [5, 5.41) is 0. The van der Waals surface area contributed by atoms with E-state index in [-0.39, 0.29) is 6.61 Å². The number of benzene rings is 1. The number of halogens is 1. The van der Waals surface area contributed by atoms with Crippen LogP contribution in [0.3, 0.4) is 0 Å². The fraction of sp³-hybridized carbons (Fsp3) is 0.200. The van der Waals surface area contributed by atoms with Crippen LogP contribution in [0.25, 0.3) is 0 Å². The van der Waals surface area contributed by atoms with E-state index in [1.54, 1.807) is 26.2 Å². The molecule has 0 saturated heterocycles. The third-order valence-corrected chi connectivity index (χ3v) is 3.53. The van der Waals surface area contributed by atoms with E-state index in [1.165, 1.54) is 6.20 Å². The van der Waals surface area contributed by atoms with Crippen LogP contribution in [0.5, 0.6) is 5.75 Å². The van der Waals surface area contributed by atoms with E-state index in [9.17, 15) is 4.79 Å². The largest absolute Gasteiger partial charge is 0.496 e. The molecule has 0 aliphatic carbocycles. The van der Waals surface area contributed by atoms with Crippen molar-refractivity contribution in [2.45, 2.75) is 13.5 Å². The number of pyridine rings is 1. The SMILES string of the molecule is COc1ccc(COC(=O)c2cc(N)cnc2C)cc1Br. The van der Waals surface area contributed by atoms with Gasteiger partial charge < -0.3 is 15.2 Å². The van der Waals surface area contributed by atoms with Gasteiger partial charge in [-0.2, -0.15) is 0 Å². The molecular weight excluding hydrogens is 336 g/mol. The maximum Gasteiger partial charge on any atom is 0.340 e. The van der Waals surface area contributed by atoms with Crippen LogP contribution in [0.1, 0.15) is 21.6 Å². The average Bonchev–Trinajstić information content (AvgIpc) is 2.47. The lowest BCUT2D eigenvalue weighted by atomic mass is 10.2. The summed E-state index contributed by atoms with van der Waals surface area (Å²) in [6.07, 6.45) is 1.51. The Hall–Kier alpha value is -2.08. The van der Waals surface area contributed by atoms with Crippen molar-refractivity contribution in [2.24, 2.45) is 0 Å². The second-order valence-corrected chi connectivity index (χ2v) is 5.30. The molecule has 0 fully saturated rings. The van der Waals surface area contributed by atoms with E-state index in [4.69, 9.17) is 15.2 Å². The van der Waals surface area contributed by atoms with Gasteiger partial charge in [-0.05, 0) is 46.6 Å². The summed E-state index contributed by atoms with van der Waals surface area (Å²) in [6, 6.07) is 7.05. The van der Waals surface area contributed by atoms with Crippen LogP contribution in [-0.4, -0.2) is 18.1 Å². The Labute approximate surface area is 131 Å². The van der Waals surface area contributed by atoms with Crippen molar-refractivity contribution in [3.63, 3.8) is 0 Å². The van der Waals surface area contributed by atoms with Crippen molar-refractivity contribution in [1.82, 2.24) is 4.98 Å². The molecule has 0 saturated carbocycles. The standard InChI is InChI=1S/C15H15BrN2O3/c1-9-12(6-11(17)7-18-9)15(19)21-8-10-3-4-14(20-2)13(16)5-10/h3-7H,8,17H2,1-2H3. The lowest BCUT2D eigenvalue weighted by molar-refractivity contribution is 0.0471. The van der Waals surface area contributed by atoms with Crippen molar-refractivity contribution >= 4 is 27.6 Å². The summed E-state index contributed by atoms with van der Waals surface area (Å²) in [5.74, 6) is 0.278. The van der Waals surface area contributed by atoms with Crippen molar-refractivity contribution in [1.29, 1.82) is 0 Å². The summed E-state index contributed by atoms with van der Waals surface area (Å²) < 4.78 is 11.2. The summed E-state index contributed by atoms with van der Waals surface area (Å²) in [5.41, 5.74) is 7.88. The first-order chi connectivity index (χ1) is 10.0. The molecule has 0 spiro atoms. The number of nitrogen functional groups attached to an aromatic ring is 1. The van der Waals surface area contributed by atoms with Gasteiger partial charge in [-0.3, -0.25) is 4.98 Å². The summed E-state index contributed by atoms with van der Waals surface area (Å²) in [7, 11) is 1.59. The molecule has 2 N–H and O–H groups in total. The number of carbonyl (C=O) groups is 1. The van der Waals surface area contributed by atoms with Crippen LogP contribution >= 0.6 is 15.9 Å². The molecule has 6 heteroatoms. The van der Waals surface area contributed by atoms with E-state index in [0.29, 0.717) is 16.9 Å². The highest BCUT2D eigenvalue weighted by Gasteiger charge is 2.12. The molecule has 2 aromatic rings. The molecule has 21 heavy (non-hydrogen) atoms. The van der Waals surface area contributed by atoms with Gasteiger partial charge >= 0.3 is 5.97 Å². The van der Waals surface area contributed by atoms with E-state index in [1.807, 2.05) is 12.1 Å². The zero-order valence-electron chi connectivity index (χ0n) is 11.7. The predicted octanol–water partition coefficient (Wildman–Crippen LogP) is 3.10. The molecule has 110 valence electrons. The first-order valence-corrected chi connectivity index (χ1v) is 7.02. The molecular formula is C15H15BrN2O3. The number of hydrogen-bond donors (Lipinski definition) is 1. The molecule has 0 unspecified atom stereocenters. The number of rotatable bonds is 4. The minimum absolute atomic E-state index is 0.162. The van der Waals surface area contributed by atoms with Crippen LogP contribution in [0.15, 0.2) is 34.9 Å². The minimum atomic E-state index is -0.445. The Bertz CT molecular complexity index is 674. The van der Waals surface area contributed by atoms with Crippen LogP contribution in [0.4, 0.5) is 5.69 Å². The number of ether oxygens (including phenoxy) is 2. The molecule has 0 bridgehead atoms. The number of esters is 1. The number of aromatic nitrogens is 1. The van der Waals surface area contributed by atoms with Gasteiger partial charge in [-0.1, -0.05) is 6.07 Å². The Balaban J connectivity index is 2.07. The fourth-order valence-corrected chi connectivity index (χ4v) is 2.37. The number of aryl methyl sites for hydroxylation is 1. The summed E-state index contributed by atoms with van der Waals surface area (Å²) in [4.78, 5) is 16.1. The van der Waals surface area contributed by atoms with Gasteiger partial charge in [0.15, 0.2) is 0 Å². The molecule has 5 nitrogen and oxygen atoms in total. The minimum Gasteiger partial charge on any atom is -0.496 e. The quantitative estimate of drug-likeness (QED) is 0.857. The Kier molecular flexibility index (Phi) is 4.80. The number of anilines is 1. The van der Waals surface area contributed by atoms with Crippen molar-refractivity contribution in [3.05, 3.63) is 51.8 Å². The maximum atomic E-state index is 12.0. The van der Waals surface area contributed by atoms with Crippen LogP contribution in [0.2, 0.25) is 0 Å². The number of nitrogens with two attached hydrogens (primary N) is 1. The second-order valence-electron chi connectivity index (χ2n) is 4.45. The molecule has 1 aromatic carbocycles. The van der Waals surface area contributed by atoms with Crippen molar-refractivity contribution in [2.75, 3.05) is 12.8 Å². The van der Waals surface area contributed by atoms with E-state index in [2.05, 4.69) is 20.9 Å². The highest BCUT2D eigenvalue weighted by molar-refractivity contribution is 9.10. The van der Waals surface area contributed by atoms with E-state index >= 15 is 0 Å². The van der Waals surface area contributed by atoms with E-state index in [0.717, 1.165) is 15.8 Å². The van der Waals surface area contributed by atoms with Gasteiger partial charge in [0, 0.05) is 0 Å². The van der Waals surface area contributed by atoms with Gasteiger partial charge in [0.05, 0.1) is 34.7 Å². The average molecular weight is 351 g/mol. The Morgan fingerprint density at radius 3 is 2.81 bits per heavy atom. The zero-order valence-corrected chi connectivity index (χ0v) is 13.3. The zero-order chi connectivity index (χ0) is 15.4. The lowest BCUT2D eigenvalue weighted by Crippen LogP contribution is -2.09. The van der Waals surface area contributed by atoms with Crippen molar-refractivity contribution < 1.29 is 14.3 Å². The summed E-state index contributed by atoms with van der Waals surface area (Å²) in [6.45, 7) is 1.90. The van der Waals surface area contributed by atoms with Crippen LogP contribution in [-0.2, 0) is 11.3 Å². The molecule has 2 rings (SSSR count). The molecule has 0 aliphatic heterocycles. The molecule has 1 aromatic heterocycles. The maximum absolute atomic E-state index is 12.0. The van der Waals surface area contributed by atoms with Crippen molar-refractivity contribution in [3.8, 4) is 5.75 Å². The smallest absolute Gasteiger partial charge is 0.340 e. The monoisotopic (exact) mass is 350 g/mol. The summed E-state index contributed by atoms with van der Waals surface area (Å²) >= 11 is 3.39. The first-order valence-electron chi connectivity index (χ1n) is 6.23. The third-order valence-electron chi connectivity index (χ3n) is 2.91. The number of carbonyl (C=O) groups excluding carboxylic acids is 1. The van der Waals surface area contributed by atoms with Gasteiger partial charge in [-0.15, -0.1) is 0 Å². The highest BCUT2D eigenvalue weighted by atomic mass is 79.9. The Morgan fingerprint density at radius 1 is 1.38 bits per heavy atom. The number of nitrogens with zero attached hydrogens (tertiary/aromatic N) is 1. The van der Waals surface area contributed by atoms with Crippen LogP contribution < -0.4 is 10.5 Å². The molecule has 0 atom stereocenters. The van der Waals surface area contributed by atoms with Crippen LogP contribution in [0, 0.1) is 6.92 Å². The van der Waals surface area contributed by atoms with Gasteiger partial charge in [0.25, 0.3) is 0 Å². The Morgan fingerprint density at radius 2 is 2.14 bits per heavy atom. The lowest BCUT2D eigenvalue weighted by Gasteiger charge is -2.09. The fourth-order valence-electron chi connectivity index (χ4n) is 1.78. The second kappa shape index (κ2) is 6.58. The highest BCUT2D eigenvalue weighted by Crippen LogP contribution is 2.26. The number of methoxy groups -OCH3 is 1. The number of hydrogen-bond acceptors (Lipinski definition) is 5. The third kappa shape index (κ3) is 3.72. The van der Waals surface area contributed by atoms with Gasteiger partial charge in [0.2, 0.25) is 0 Å². The molecule has 0 aliphatic rings. The van der Waals surface area contributed by atoms with E-state index < -0.39 is 5.97 Å².